The quantitative estimate of drug-likeness (QED) is 0.294. The van der Waals surface area contributed by atoms with Gasteiger partial charge in [0.15, 0.2) is 0 Å². The van der Waals surface area contributed by atoms with Gasteiger partial charge in [-0.2, -0.15) is 0 Å². The molecule has 1 aromatic carbocycles. The Labute approximate surface area is 171 Å². The number of carbonyl (C=O) groups is 2. The number of ether oxygens (including phenoxy) is 1. The molecule has 1 fully saturated rings. The standard InChI is InChI=1S/C25H38O3/c1-3-5-7-9-17-28-22-14-11-21(12-15-22)19-25(27)23-16-13-20(18-24(23)26)10-8-6-4-2/h11-12,14-15,20,23H,3-10,13,16-19H2,1-2H3. The Morgan fingerprint density at radius 2 is 1.68 bits per heavy atom. The third-order valence-corrected chi connectivity index (χ3v) is 5.92. The largest absolute Gasteiger partial charge is 0.494 e. The molecule has 1 aliphatic carbocycles. The minimum Gasteiger partial charge on any atom is -0.494 e. The van der Waals surface area contributed by atoms with Crippen LogP contribution in [0.4, 0.5) is 0 Å². The average molecular weight is 387 g/mol. The van der Waals surface area contributed by atoms with Crippen LogP contribution in [0.5, 0.6) is 5.75 Å². The first-order valence-electron chi connectivity index (χ1n) is 11.4. The number of hydrogen-bond donors (Lipinski definition) is 0. The van der Waals surface area contributed by atoms with Gasteiger partial charge in [0.25, 0.3) is 0 Å². The van der Waals surface area contributed by atoms with Crippen molar-refractivity contribution in [1.82, 2.24) is 0 Å². The molecule has 1 saturated carbocycles. The zero-order valence-corrected chi connectivity index (χ0v) is 17.9. The molecule has 156 valence electrons. The van der Waals surface area contributed by atoms with Gasteiger partial charge in [-0.15, -0.1) is 0 Å². The van der Waals surface area contributed by atoms with Gasteiger partial charge in [0, 0.05) is 12.8 Å². The molecule has 2 atom stereocenters. The Kier molecular flexibility index (Phi) is 10.3. The second kappa shape index (κ2) is 12.7. The van der Waals surface area contributed by atoms with Gasteiger partial charge in [0.05, 0.1) is 12.5 Å². The zero-order chi connectivity index (χ0) is 20.2. The smallest absolute Gasteiger partial charge is 0.147 e. The Bertz CT molecular complexity index is 590. The molecule has 2 unspecified atom stereocenters. The van der Waals surface area contributed by atoms with Gasteiger partial charge in [0.1, 0.15) is 17.3 Å². The molecule has 0 saturated heterocycles. The molecule has 0 aliphatic heterocycles. The molecule has 3 nitrogen and oxygen atoms in total. The molecule has 1 aliphatic rings. The van der Waals surface area contributed by atoms with E-state index in [1.165, 1.54) is 38.5 Å². The lowest BCUT2D eigenvalue weighted by Crippen LogP contribution is -2.32. The van der Waals surface area contributed by atoms with E-state index in [1.54, 1.807) is 0 Å². The molecular formula is C25H38O3. The van der Waals surface area contributed by atoms with Gasteiger partial charge < -0.3 is 4.74 Å². The molecule has 0 amide bonds. The third kappa shape index (κ3) is 7.77. The normalized spacial score (nSPS) is 19.6. The molecule has 0 heterocycles. The second-order valence-corrected chi connectivity index (χ2v) is 8.36. The topological polar surface area (TPSA) is 43.4 Å². The summed E-state index contributed by atoms with van der Waals surface area (Å²) < 4.78 is 5.76. The van der Waals surface area contributed by atoms with Crippen molar-refractivity contribution in [3.8, 4) is 5.75 Å². The van der Waals surface area contributed by atoms with Crippen molar-refractivity contribution in [1.29, 1.82) is 0 Å². The van der Waals surface area contributed by atoms with E-state index < -0.39 is 0 Å². The average Bonchev–Trinajstić information content (AvgIpc) is 2.69. The Morgan fingerprint density at radius 3 is 2.36 bits per heavy atom. The monoisotopic (exact) mass is 386 g/mol. The van der Waals surface area contributed by atoms with E-state index in [1.807, 2.05) is 24.3 Å². The summed E-state index contributed by atoms with van der Waals surface area (Å²) in [5.41, 5.74) is 0.973. The fraction of sp³-hybridized carbons (Fsp3) is 0.680. The van der Waals surface area contributed by atoms with Crippen molar-refractivity contribution < 1.29 is 14.3 Å². The van der Waals surface area contributed by atoms with Gasteiger partial charge >= 0.3 is 0 Å². The lowest BCUT2D eigenvalue weighted by molar-refractivity contribution is -0.135. The maximum atomic E-state index is 12.7. The fourth-order valence-corrected chi connectivity index (χ4v) is 4.11. The van der Waals surface area contributed by atoms with Crippen LogP contribution in [0.25, 0.3) is 0 Å². The van der Waals surface area contributed by atoms with Crippen LogP contribution in [0.15, 0.2) is 24.3 Å². The van der Waals surface area contributed by atoms with Crippen LogP contribution in [0.1, 0.15) is 90.0 Å². The van der Waals surface area contributed by atoms with Crippen LogP contribution < -0.4 is 4.74 Å². The predicted octanol–water partition coefficient (Wildman–Crippen LogP) is 6.32. The first kappa shape index (κ1) is 22.6. The maximum absolute atomic E-state index is 12.7. The SMILES string of the molecule is CCCCCCOc1ccc(CC(=O)C2CCC(CCCCC)CC2=O)cc1. The third-order valence-electron chi connectivity index (χ3n) is 5.92. The van der Waals surface area contributed by atoms with E-state index in [0.717, 1.165) is 43.6 Å². The van der Waals surface area contributed by atoms with E-state index in [4.69, 9.17) is 4.74 Å². The number of carbonyl (C=O) groups excluding carboxylic acids is 2. The molecule has 0 bridgehead atoms. The van der Waals surface area contributed by atoms with Crippen molar-refractivity contribution in [2.24, 2.45) is 11.8 Å². The summed E-state index contributed by atoms with van der Waals surface area (Å²) in [6.45, 7) is 5.15. The van der Waals surface area contributed by atoms with Crippen molar-refractivity contribution in [3.05, 3.63) is 29.8 Å². The van der Waals surface area contributed by atoms with E-state index >= 15 is 0 Å². The lowest BCUT2D eigenvalue weighted by atomic mass is 9.76. The van der Waals surface area contributed by atoms with Crippen LogP contribution in [0, 0.1) is 11.8 Å². The molecule has 1 aromatic rings. The van der Waals surface area contributed by atoms with Crippen LogP contribution in [0.3, 0.4) is 0 Å². The highest BCUT2D eigenvalue weighted by molar-refractivity contribution is 6.03. The van der Waals surface area contributed by atoms with Crippen LogP contribution >= 0.6 is 0 Å². The predicted molar refractivity (Wildman–Crippen MR) is 115 cm³/mol. The summed E-state index contributed by atoms with van der Waals surface area (Å²) in [7, 11) is 0. The summed E-state index contributed by atoms with van der Waals surface area (Å²) in [4.78, 5) is 25.1. The van der Waals surface area contributed by atoms with Crippen molar-refractivity contribution in [3.63, 3.8) is 0 Å². The number of rotatable bonds is 13. The fourth-order valence-electron chi connectivity index (χ4n) is 4.11. The maximum Gasteiger partial charge on any atom is 0.147 e. The molecule has 0 radical (unpaired) electrons. The summed E-state index contributed by atoms with van der Waals surface area (Å²) >= 11 is 0. The van der Waals surface area contributed by atoms with Gasteiger partial charge in [-0.1, -0.05) is 70.9 Å². The minimum atomic E-state index is -0.378. The summed E-state index contributed by atoms with van der Waals surface area (Å²) in [6, 6.07) is 7.80. The van der Waals surface area contributed by atoms with E-state index in [9.17, 15) is 9.59 Å². The Hall–Kier alpha value is -1.64. The van der Waals surface area contributed by atoms with Crippen molar-refractivity contribution in [2.45, 2.75) is 90.9 Å². The highest BCUT2D eigenvalue weighted by atomic mass is 16.5. The summed E-state index contributed by atoms with van der Waals surface area (Å²) in [5, 5.41) is 0. The number of hydrogen-bond acceptors (Lipinski definition) is 3. The van der Waals surface area contributed by atoms with Gasteiger partial charge in [-0.25, -0.2) is 0 Å². The first-order chi connectivity index (χ1) is 13.6. The molecule has 2 rings (SSSR count). The molecule has 3 heteroatoms. The zero-order valence-electron chi connectivity index (χ0n) is 17.9. The van der Waals surface area contributed by atoms with Crippen molar-refractivity contribution >= 4 is 11.6 Å². The molecular weight excluding hydrogens is 348 g/mol. The van der Waals surface area contributed by atoms with Crippen molar-refractivity contribution in [2.75, 3.05) is 6.61 Å². The van der Waals surface area contributed by atoms with Gasteiger partial charge in [-0.05, 0) is 42.9 Å². The van der Waals surface area contributed by atoms with E-state index in [0.29, 0.717) is 18.8 Å². The Morgan fingerprint density at radius 1 is 0.964 bits per heavy atom. The Balaban J connectivity index is 1.74. The summed E-state index contributed by atoms with van der Waals surface area (Å²) in [5.74, 6) is 1.24. The molecule has 0 spiro atoms. The van der Waals surface area contributed by atoms with E-state index in [2.05, 4.69) is 13.8 Å². The minimum absolute atomic E-state index is 0.0882. The highest BCUT2D eigenvalue weighted by Gasteiger charge is 2.32. The van der Waals surface area contributed by atoms with Gasteiger partial charge in [-0.3, -0.25) is 9.59 Å². The summed E-state index contributed by atoms with van der Waals surface area (Å²) in [6.07, 6.45) is 12.3. The molecule has 0 N–H and O–H groups in total. The van der Waals surface area contributed by atoms with Crippen LogP contribution in [-0.2, 0) is 16.0 Å². The second-order valence-electron chi connectivity index (χ2n) is 8.36. The first-order valence-corrected chi connectivity index (χ1v) is 11.4. The number of ketones is 2. The van der Waals surface area contributed by atoms with Crippen LogP contribution in [-0.4, -0.2) is 18.2 Å². The van der Waals surface area contributed by atoms with E-state index in [-0.39, 0.29) is 17.5 Å². The van der Waals surface area contributed by atoms with Gasteiger partial charge in [0.2, 0.25) is 0 Å². The lowest BCUT2D eigenvalue weighted by Gasteiger charge is -2.26. The number of Topliss-reactive ketones (excluding diaryl/α,β-unsaturated/α-hetero) is 2. The highest BCUT2D eigenvalue weighted by Crippen LogP contribution is 2.31. The number of benzene rings is 1. The molecule has 0 aromatic heterocycles. The number of unbranched alkanes of at least 4 members (excludes halogenated alkanes) is 5. The molecule has 28 heavy (non-hydrogen) atoms. The van der Waals surface area contributed by atoms with Crippen LogP contribution in [0.2, 0.25) is 0 Å².